The van der Waals surface area contributed by atoms with Crippen LogP contribution in [0.3, 0.4) is 0 Å². The molecule has 1 atom stereocenters. The molecule has 5 nitrogen and oxygen atoms in total. The van der Waals surface area contributed by atoms with Crippen molar-refractivity contribution in [2.75, 3.05) is 12.3 Å². The van der Waals surface area contributed by atoms with Gasteiger partial charge in [-0.05, 0) is 19.1 Å². The summed E-state index contributed by atoms with van der Waals surface area (Å²) in [6.07, 6.45) is 0. The molecule has 1 aromatic carbocycles. The Bertz CT molecular complexity index is 682. The minimum atomic E-state index is -3.47. The highest BCUT2D eigenvalue weighted by Crippen LogP contribution is 2.31. The molecule has 0 aliphatic carbocycles. The summed E-state index contributed by atoms with van der Waals surface area (Å²) < 4.78 is 34.9. The molecule has 1 unspecified atom stereocenters. The van der Waals surface area contributed by atoms with E-state index in [0.29, 0.717) is 17.6 Å². The van der Waals surface area contributed by atoms with Gasteiger partial charge in [0.1, 0.15) is 15.9 Å². The van der Waals surface area contributed by atoms with E-state index in [2.05, 4.69) is 8.75 Å². The molecule has 96 valence electrons. The van der Waals surface area contributed by atoms with Crippen molar-refractivity contribution in [1.82, 2.24) is 13.1 Å². The van der Waals surface area contributed by atoms with Crippen LogP contribution in [0.4, 0.5) is 0 Å². The van der Waals surface area contributed by atoms with Gasteiger partial charge in [0.2, 0.25) is 10.0 Å². The van der Waals surface area contributed by atoms with Crippen molar-refractivity contribution in [3.8, 4) is 0 Å². The molecule has 0 amide bonds. The van der Waals surface area contributed by atoms with Crippen molar-refractivity contribution >= 4 is 44.5 Å². The Balaban J connectivity index is 2.16. The van der Waals surface area contributed by atoms with Crippen LogP contribution >= 0.6 is 23.5 Å². The van der Waals surface area contributed by atoms with Crippen molar-refractivity contribution in [2.24, 2.45) is 0 Å². The smallest absolute Gasteiger partial charge is 0.207 e. The quantitative estimate of drug-likeness (QED) is 0.846. The van der Waals surface area contributed by atoms with Gasteiger partial charge in [0, 0.05) is 12.3 Å². The SMILES string of the molecule is CC1SCCN1S(=O)(=O)c1cccc2nsnc12. The van der Waals surface area contributed by atoms with Gasteiger partial charge in [-0.3, -0.25) is 0 Å². The number of benzene rings is 1. The predicted octanol–water partition coefficient (Wildman–Crippen LogP) is 1.77. The number of hydrogen-bond donors (Lipinski definition) is 0. The maximum absolute atomic E-state index is 12.6. The minimum absolute atomic E-state index is 0.0168. The number of sulfonamides is 1. The van der Waals surface area contributed by atoms with Crippen molar-refractivity contribution < 1.29 is 8.42 Å². The molecule has 0 spiro atoms. The van der Waals surface area contributed by atoms with Crippen LogP contribution in [0, 0.1) is 0 Å². The van der Waals surface area contributed by atoms with E-state index in [0.717, 1.165) is 17.5 Å². The van der Waals surface area contributed by atoms with Gasteiger partial charge in [0.15, 0.2) is 0 Å². The highest BCUT2D eigenvalue weighted by Gasteiger charge is 2.34. The van der Waals surface area contributed by atoms with Crippen molar-refractivity contribution in [3.63, 3.8) is 0 Å². The van der Waals surface area contributed by atoms with E-state index in [1.165, 1.54) is 4.31 Å². The molecular formula is C10H11N3O2S3. The second-order valence-corrected chi connectivity index (χ2v) is 7.79. The third-order valence-corrected chi connectivity index (χ3v) is 6.74. The first kappa shape index (κ1) is 12.3. The predicted molar refractivity (Wildman–Crippen MR) is 73.2 cm³/mol. The molecular weight excluding hydrogens is 290 g/mol. The number of aromatic nitrogens is 2. The van der Waals surface area contributed by atoms with Gasteiger partial charge in [-0.25, -0.2) is 8.42 Å². The van der Waals surface area contributed by atoms with E-state index in [-0.39, 0.29) is 10.3 Å². The van der Waals surface area contributed by atoms with Gasteiger partial charge in [0.05, 0.1) is 17.1 Å². The first-order valence-corrected chi connectivity index (χ1v) is 8.67. The second-order valence-electron chi connectivity index (χ2n) is 3.97. The van der Waals surface area contributed by atoms with Crippen molar-refractivity contribution in [1.29, 1.82) is 0 Å². The molecule has 0 N–H and O–H groups in total. The van der Waals surface area contributed by atoms with Crippen LogP contribution < -0.4 is 0 Å². The summed E-state index contributed by atoms with van der Waals surface area (Å²) in [6.45, 7) is 2.47. The summed E-state index contributed by atoms with van der Waals surface area (Å²) in [6, 6.07) is 5.10. The third kappa shape index (κ3) is 1.83. The maximum Gasteiger partial charge on any atom is 0.246 e. The van der Waals surface area contributed by atoms with Gasteiger partial charge in [-0.2, -0.15) is 13.1 Å². The van der Waals surface area contributed by atoms with Crippen LogP contribution in [0.5, 0.6) is 0 Å². The molecule has 18 heavy (non-hydrogen) atoms. The van der Waals surface area contributed by atoms with Crippen LogP contribution in [0.25, 0.3) is 11.0 Å². The molecule has 3 rings (SSSR count). The van der Waals surface area contributed by atoms with E-state index in [4.69, 9.17) is 0 Å². The zero-order valence-electron chi connectivity index (χ0n) is 9.61. The molecule has 8 heteroatoms. The lowest BCUT2D eigenvalue weighted by molar-refractivity contribution is 0.442. The summed E-state index contributed by atoms with van der Waals surface area (Å²) in [7, 11) is -3.47. The fraction of sp³-hybridized carbons (Fsp3) is 0.400. The van der Waals surface area contributed by atoms with Crippen LogP contribution in [-0.2, 0) is 10.0 Å². The Morgan fingerprint density at radius 2 is 2.22 bits per heavy atom. The maximum atomic E-state index is 12.6. The number of hydrogen-bond acceptors (Lipinski definition) is 6. The minimum Gasteiger partial charge on any atom is -0.207 e. The van der Waals surface area contributed by atoms with E-state index in [9.17, 15) is 8.42 Å². The monoisotopic (exact) mass is 301 g/mol. The van der Waals surface area contributed by atoms with Crippen LogP contribution in [-0.4, -0.2) is 39.1 Å². The Kier molecular flexibility index (Phi) is 3.05. The van der Waals surface area contributed by atoms with E-state index < -0.39 is 10.0 Å². The molecule has 1 fully saturated rings. The number of nitrogens with zero attached hydrogens (tertiary/aromatic N) is 3. The van der Waals surface area contributed by atoms with E-state index in [1.807, 2.05) is 6.92 Å². The molecule has 1 aliphatic rings. The van der Waals surface area contributed by atoms with Crippen LogP contribution in [0.2, 0.25) is 0 Å². The Morgan fingerprint density at radius 3 is 2.94 bits per heavy atom. The number of thioether (sulfide) groups is 1. The number of rotatable bonds is 2. The summed E-state index contributed by atoms with van der Waals surface area (Å²) in [5, 5.41) is -0.0168. The zero-order valence-corrected chi connectivity index (χ0v) is 12.1. The fourth-order valence-corrected chi connectivity index (χ4v) is 5.79. The standard InChI is InChI=1S/C10H11N3O2S3/c1-7-13(5-6-16-7)18(14,15)9-4-2-3-8-10(9)12-17-11-8/h2-4,7H,5-6H2,1H3. The molecule has 0 radical (unpaired) electrons. The molecule has 2 heterocycles. The van der Waals surface area contributed by atoms with Gasteiger partial charge in [-0.1, -0.05) is 6.07 Å². The fourth-order valence-electron chi connectivity index (χ4n) is 2.01. The van der Waals surface area contributed by atoms with Crippen molar-refractivity contribution in [2.45, 2.75) is 17.2 Å². The lowest BCUT2D eigenvalue weighted by Gasteiger charge is -2.19. The summed E-state index contributed by atoms with van der Waals surface area (Å²) in [5.41, 5.74) is 1.12. The summed E-state index contributed by atoms with van der Waals surface area (Å²) >= 11 is 2.69. The Morgan fingerprint density at radius 1 is 1.39 bits per heavy atom. The molecule has 1 aliphatic heterocycles. The van der Waals surface area contributed by atoms with Gasteiger partial charge < -0.3 is 0 Å². The Hall–Kier alpha value is -0.700. The molecule has 2 aromatic rings. The third-order valence-electron chi connectivity index (χ3n) is 2.91. The van der Waals surface area contributed by atoms with Gasteiger partial charge >= 0.3 is 0 Å². The molecule has 0 saturated carbocycles. The van der Waals surface area contributed by atoms with E-state index in [1.54, 1.807) is 30.0 Å². The van der Waals surface area contributed by atoms with Crippen LogP contribution in [0.15, 0.2) is 23.1 Å². The normalized spacial score (nSPS) is 21.7. The average Bonchev–Trinajstić information content (AvgIpc) is 2.96. The highest BCUT2D eigenvalue weighted by atomic mass is 32.2. The number of fused-ring (bicyclic) bond motifs is 1. The van der Waals surface area contributed by atoms with Crippen LogP contribution in [0.1, 0.15) is 6.92 Å². The summed E-state index contributed by atoms with van der Waals surface area (Å²) in [5.74, 6) is 0.839. The first-order valence-electron chi connectivity index (χ1n) is 5.45. The Labute approximate surface area is 114 Å². The van der Waals surface area contributed by atoms with E-state index >= 15 is 0 Å². The summed E-state index contributed by atoms with van der Waals surface area (Å²) in [4.78, 5) is 0.267. The average molecular weight is 301 g/mol. The van der Waals surface area contributed by atoms with Crippen molar-refractivity contribution in [3.05, 3.63) is 18.2 Å². The topological polar surface area (TPSA) is 63.2 Å². The molecule has 1 aromatic heterocycles. The zero-order chi connectivity index (χ0) is 12.8. The van der Waals surface area contributed by atoms with Gasteiger partial charge in [-0.15, -0.1) is 11.8 Å². The largest absolute Gasteiger partial charge is 0.246 e. The second kappa shape index (κ2) is 4.44. The first-order chi connectivity index (χ1) is 8.60. The molecule has 0 bridgehead atoms. The highest BCUT2D eigenvalue weighted by molar-refractivity contribution is 8.01. The van der Waals surface area contributed by atoms with Gasteiger partial charge in [0.25, 0.3) is 0 Å². The lowest BCUT2D eigenvalue weighted by Crippen LogP contribution is -2.33. The lowest BCUT2D eigenvalue weighted by atomic mass is 10.3. The molecule has 1 saturated heterocycles.